The van der Waals surface area contributed by atoms with E-state index in [2.05, 4.69) is 4.99 Å². The largest absolute Gasteiger partial charge is 0.464 e. The minimum atomic E-state index is -0.523. The Morgan fingerprint density at radius 3 is 2.53 bits per heavy atom. The molecule has 0 bridgehead atoms. The Morgan fingerprint density at radius 1 is 1.16 bits per heavy atom. The molecule has 2 heterocycles. The number of isocyanates is 1. The van der Waals surface area contributed by atoms with Gasteiger partial charge in [-0.2, -0.15) is 4.99 Å². The summed E-state index contributed by atoms with van der Waals surface area (Å²) in [7, 11) is 0. The third-order valence-electron chi connectivity index (χ3n) is 3.71. The molecule has 1 aromatic carbocycles. The van der Waals surface area contributed by atoms with Crippen molar-refractivity contribution in [1.29, 1.82) is 0 Å². The van der Waals surface area contributed by atoms with E-state index in [1.165, 1.54) is 0 Å². The maximum atomic E-state index is 10.7. The van der Waals surface area contributed by atoms with Crippen LogP contribution in [0.4, 0.5) is 0 Å². The van der Waals surface area contributed by atoms with Gasteiger partial charge in [-0.3, -0.25) is 0 Å². The van der Waals surface area contributed by atoms with Gasteiger partial charge in [0.05, 0.1) is 17.5 Å². The molecule has 1 aliphatic rings. The second-order valence-corrected chi connectivity index (χ2v) is 5.13. The van der Waals surface area contributed by atoms with Crippen LogP contribution in [0, 0.1) is 0 Å². The number of nitrogens with zero attached hydrogens (tertiary/aromatic N) is 1. The zero-order valence-electron chi connectivity index (χ0n) is 9.77. The van der Waals surface area contributed by atoms with Crippen molar-refractivity contribution in [2.24, 2.45) is 4.99 Å². The molecule has 0 saturated heterocycles. The molecule has 2 aromatic heterocycles. The van der Waals surface area contributed by atoms with E-state index in [0.717, 1.165) is 29.2 Å². The predicted molar refractivity (Wildman–Crippen MR) is 70.0 cm³/mol. The van der Waals surface area contributed by atoms with Crippen LogP contribution in [0.3, 0.4) is 0 Å². The van der Waals surface area contributed by atoms with Gasteiger partial charge in [0, 0.05) is 16.3 Å². The van der Waals surface area contributed by atoms with Crippen LogP contribution in [0.2, 0.25) is 5.02 Å². The van der Waals surface area contributed by atoms with E-state index in [-0.39, 0.29) is 0 Å². The summed E-state index contributed by atoms with van der Waals surface area (Å²) in [5.74, 6) is 0. The molecule has 3 aromatic rings. The molecule has 4 rings (SSSR count). The van der Waals surface area contributed by atoms with Crippen LogP contribution in [-0.2, 0) is 10.3 Å². The number of halogens is 1. The molecule has 94 valence electrons. The van der Waals surface area contributed by atoms with Crippen molar-refractivity contribution in [3.05, 3.63) is 35.2 Å². The molecule has 1 saturated carbocycles. The molecule has 0 N–H and O–H groups in total. The fourth-order valence-corrected chi connectivity index (χ4v) is 2.98. The quantitative estimate of drug-likeness (QED) is 0.520. The Bertz CT molecular complexity index is 798. The van der Waals surface area contributed by atoms with Crippen molar-refractivity contribution in [2.45, 2.75) is 18.4 Å². The molecule has 0 amide bonds. The maximum absolute atomic E-state index is 10.7. The summed E-state index contributed by atoms with van der Waals surface area (Å²) < 4.78 is 11.0. The Labute approximate surface area is 112 Å². The Hall–Kier alpha value is -2.03. The molecule has 0 aliphatic heterocycles. The lowest BCUT2D eigenvalue weighted by molar-refractivity contribution is 0.555. The summed E-state index contributed by atoms with van der Waals surface area (Å²) in [6.07, 6.45) is 6.44. The first kappa shape index (κ1) is 10.9. The van der Waals surface area contributed by atoms with E-state index >= 15 is 0 Å². The fourth-order valence-electron chi connectivity index (χ4n) is 2.68. The summed E-state index contributed by atoms with van der Waals surface area (Å²) in [5.41, 5.74) is 1.64. The van der Waals surface area contributed by atoms with Gasteiger partial charge < -0.3 is 8.83 Å². The molecule has 0 radical (unpaired) electrons. The first-order valence-electron chi connectivity index (χ1n) is 5.92. The molecule has 1 fully saturated rings. The second kappa shape index (κ2) is 3.50. The van der Waals surface area contributed by atoms with Gasteiger partial charge >= 0.3 is 0 Å². The number of benzene rings is 1. The number of aliphatic imine (C=N–C) groups is 1. The van der Waals surface area contributed by atoms with E-state index in [1.807, 2.05) is 6.07 Å². The lowest BCUT2D eigenvalue weighted by Crippen LogP contribution is -2.03. The van der Waals surface area contributed by atoms with Crippen molar-refractivity contribution >= 4 is 39.6 Å². The zero-order chi connectivity index (χ0) is 13.0. The van der Waals surface area contributed by atoms with Crippen molar-refractivity contribution in [3.63, 3.8) is 0 Å². The highest BCUT2D eigenvalue weighted by atomic mass is 35.5. The van der Waals surface area contributed by atoms with Gasteiger partial charge in [-0.05, 0) is 25.0 Å². The molecular weight excluding hydrogens is 266 g/mol. The highest BCUT2D eigenvalue weighted by Gasteiger charge is 2.48. The lowest BCUT2D eigenvalue weighted by Gasteiger charge is -2.11. The van der Waals surface area contributed by atoms with Crippen LogP contribution in [-0.4, -0.2) is 6.08 Å². The molecule has 0 unspecified atom stereocenters. The first-order valence-corrected chi connectivity index (χ1v) is 6.30. The number of carbonyl (C=O) groups excluding carboxylic acids is 1. The van der Waals surface area contributed by atoms with E-state index in [4.69, 9.17) is 20.4 Å². The number of fused-ring (bicyclic) bond motifs is 2. The summed E-state index contributed by atoms with van der Waals surface area (Å²) in [6, 6.07) is 3.63. The minimum Gasteiger partial charge on any atom is -0.464 e. The van der Waals surface area contributed by atoms with Gasteiger partial charge in [-0.1, -0.05) is 11.6 Å². The van der Waals surface area contributed by atoms with Gasteiger partial charge in [0.15, 0.2) is 5.58 Å². The summed E-state index contributed by atoms with van der Waals surface area (Å²) in [5, 5.41) is 2.16. The highest BCUT2D eigenvalue weighted by molar-refractivity contribution is 6.40. The molecule has 0 spiro atoms. The van der Waals surface area contributed by atoms with E-state index in [1.54, 1.807) is 24.7 Å². The first-order chi connectivity index (χ1) is 9.27. The Balaban J connectivity index is 2.23. The average molecular weight is 274 g/mol. The number of hydrogen-bond acceptors (Lipinski definition) is 4. The van der Waals surface area contributed by atoms with Gasteiger partial charge in [0.2, 0.25) is 6.08 Å². The minimum absolute atomic E-state index is 0.523. The zero-order valence-corrected chi connectivity index (χ0v) is 10.5. The van der Waals surface area contributed by atoms with Gasteiger partial charge in [-0.25, -0.2) is 4.79 Å². The van der Waals surface area contributed by atoms with Gasteiger partial charge in [-0.15, -0.1) is 0 Å². The van der Waals surface area contributed by atoms with Crippen molar-refractivity contribution in [1.82, 2.24) is 0 Å². The lowest BCUT2D eigenvalue weighted by atomic mass is 9.98. The number of furan rings is 2. The van der Waals surface area contributed by atoms with Gasteiger partial charge in [0.25, 0.3) is 0 Å². The van der Waals surface area contributed by atoms with Crippen molar-refractivity contribution < 1.29 is 13.6 Å². The molecule has 19 heavy (non-hydrogen) atoms. The van der Waals surface area contributed by atoms with Crippen molar-refractivity contribution in [3.8, 4) is 0 Å². The van der Waals surface area contributed by atoms with E-state index in [0.29, 0.717) is 16.2 Å². The molecule has 0 atom stereocenters. The van der Waals surface area contributed by atoms with Crippen molar-refractivity contribution in [2.75, 3.05) is 0 Å². The van der Waals surface area contributed by atoms with Crippen LogP contribution in [0.15, 0.2) is 38.5 Å². The summed E-state index contributed by atoms with van der Waals surface area (Å²) in [6.45, 7) is 0. The fraction of sp³-hybridized carbons (Fsp3) is 0.214. The topological polar surface area (TPSA) is 55.7 Å². The van der Waals surface area contributed by atoms with E-state index < -0.39 is 5.54 Å². The van der Waals surface area contributed by atoms with Crippen LogP contribution in [0.25, 0.3) is 21.9 Å². The highest BCUT2D eigenvalue weighted by Crippen LogP contribution is 2.55. The predicted octanol–water partition coefficient (Wildman–Crippen LogP) is 4.16. The third kappa shape index (κ3) is 1.30. The number of rotatable bonds is 2. The molecule has 4 nitrogen and oxygen atoms in total. The second-order valence-electron chi connectivity index (χ2n) is 4.75. The van der Waals surface area contributed by atoms with Crippen LogP contribution in [0.5, 0.6) is 0 Å². The molecule has 5 heteroatoms. The average Bonchev–Trinajstić information content (AvgIpc) is 2.85. The smallest absolute Gasteiger partial charge is 0.235 e. The normalized spacial score (nSPS) is 16.7. The Morgan fingerprint density at radius 2 is 1.84 bits per heavy atom. The Kier molecular flexibility index (Phi) is 2.00. The standard InChI is InChI=1S/C14H8ClNO3/c15-11-9-2-6-18-12(9)10(8-1-5-19-13(8)11)14(3-4-14)16-7-17/h1-2,5-6H,3-4H2. The van der Waals surface area contributed by atoms with Crippen LogP contribution in [0.1, 0.15) is 18.4 Å². The summed E-state index contributed by atoms with van der Waals surface area (Å²) in [4.78, 5) is 14.7. The van der Waals surface area contributed by atoms with Crippen LogP contribution < -0.4 is 0 Å². The van der Waals surface area contributed by atoms with E-state index in [9.17, 15) is 4.79 Å². The molecular formula is C14H8ClNO3. The monoisotopic (exact) mass is 273 g/mol. The molecule has 1 aliphatic carbocycles. The number of hydrogen-bond donors (Lipinski definition) is 0. The van der Waals surface area contributed by atoms with Gasteiger partial charge in [0.1, 0.15) is 11.1 Å². The third-order valence-corrected chi connectivity index (χ3v) is 4.09. The van der Waals surface area contributed by atoms with Crippen LogP contribution >= 0.6 is 11.6 Å². The summed E-state index contributed by atoms with van der Waals surface area (Å²) >= 11 is 6.31. The maximum Gasteiger partial charge on any atom is 0.235 e. The SMILES string of the molecule is O=C=NC1(c2c3ccoc3c(Cl)c3ccoc23)CC1.